The van der Waals surface area contributed by atoms with Gasteiger partial charge in [0.15, 0.2) is 5.11 Å². The van der Waals surface area contributed by atoms with E-state index in [-0.39, 0.29) is 10.8 Å². The minimum absolute atomic E-state index is 0.0689. The first-order valence-corrected chi connectivity index (χ1v) is 12.9. The maximum atomic E-state index is 12.1. The molecule has 0 bridgehead atoms. The molecule has 1 atom stereocenters. The second-order valence-electron chi connectivity index (χ2n) is 6.99. The van der Waals surface area contributed by atoms with E-state index in [1.165, 1.54) is 19.3 Å². The molecule has 0 fully saturated rings. The average molecular weight is 485 g/mol. The zero-order valence-corrected chi connectivity index (χ0v) is 20.8. The smallest absolute Gasteiger partial charge is 0.326 e. The first-order valence-electron chi connectivity index (χ1n) is 10.0. The first-order chi connectivity index (χ1) is 14.6. The normalized spacial score (nSPS) is 11.6. The van der Waals surface area contributed by atoms with Gasteiger partial charge in [0.2, 0.25) is 0 Å². The number of aryl methyl sites for hydroxylation is 1. The number of thiophene rings is 1. The summed E-state index contributed by atoms with van der Waals surface area (Å²) in [4.78, 5) is 10.9. The zero-order valence-electron chi connectivity index (χ0n) is 18.4. The first kappa shape index (κ1) is 26.9. The number of urea groups is 1. The topological polar surface area (TPSA) is 113 Å². The summed E-state index contributed by atoms with van der Waals surface area (Å²) in [7, 11) is -2.11. The van der Waals surface area contributed by atoms with E-state index in [0.717, 1.165) is 22.8 Å². The number of hydrogen-bond acceptors (Lipinski definition) is 5. The van der Waals surface area contributed by atoms with E-state index in [2.05, 4.69) is 17.6 Å². The lowest BCUT2D eigenvalue weighted by Crippen LogP contribution is -2.35. The van der Waals surface area contributed by atoms with Gasteiger partial charge in [0.05, 0.1) is 4.90 Å². The number of carbonyl (C=O) groups is 1. The highest BCUT2D eigenvalue weighted by molar-refractivity contribution is 7.90. The molecule has 2 rings (SSSR count). The van der Waals surface area contributed by atoms with Crippen LogP contribution in [-0.2, 0) is 10.0 Å². The van der Waals surface area contributed by atoms with E-state index in [1.54, 1.807) is 35.1 Å². The maximum absolute atomic E-state index is 12.1. The number of unbranched alkanes of at least 4 members (excludes halogenated alkanes) is 2. The van der Waals surface area contributed by atoms with Gasteiger partial charge in [0.1, 0.15) is 0 Å². The summed E-state index contributed by atoms with van der Waals surface area (Å²) >= 11 is 6.47. The Labute approximate surface area is 194 Å². The third-order valence-electron chi connectivity index (χ3n) is 4.57. The molecule has 172 valence electrons. The van der Waals surface area contributed by atoms with E-state index in [9.17, 15) is 13.2 Å². The summed E-state index contributed by atoms with van der Waals surface area (Å²) in [5.74, 6) is 0.0689. The van der Waals surface area contributed by atoms with Crippen molar-refractivity contribution in [3.63, 3.8) is 0 Å². The van der Waals surface area contributed by atoms with Crippen molar-refractivity contribution in [1.82, 2.24) is 15.4 Å². The van der Waals surface area contributed by atoms with Crippen LogP contribution in [0.5, 0.6) is 0 Å². The molecule has 10 heteroatoms. The molecule has 1 aromatic heterocycles. The van der Waals surface area contributed by atoms with Gasteiger partial charge in [0, 0.05) is 19.5 Å². The van der Waals surface area contributed by atoms with Crippen LogP contribution < -0.4 is 21.1 Å². The highest BCUT2D eigenvalue weighted by Gasteiger charge is 2.20. The molecule has 5 N–H and O–H groups in total. The average Bonchev–Trinajstić information content (AvgIpc) is 3.25. The predicted octanol–water partition coefficient (Wildman–Crippen LogP) is 3.84. The van der Waals surface area contributed by atoms with Gasteiger partial charge in [-0.15, -0.1) is 0 Å². The Morgan fingerprint density at radius 3 is 2.48 bits per heavy atom. The number of nitrogens with two attached hydrogens (primary N) is 1. The fourth-order valence-corrected chi connectivity index (χ4v) is 4.76. The highest BCUT2D eigenvalue weighted by Crippen LogP contribution is 2.28. The summed E-state index contributed by atoms with van der Waals surface area (Å²) in [6, 6.07) is 6.12. The van der Waals surface area contributed by atoms with E-state index in [0.29, 0.717) is 5.56 Å². The van der Waals surface area contributed by atoms with E-state index in [4.69, 9.17) is 18.0 Å². The van der Waals surface area contributed by atoms with Crippen molar-refractivity contribution in [1.29, 1.82) is 0 Å². The van der Waals surface area contributed by atoms with E-state index < -0.39 is 16.1 Å². The summed E-state index contributed by atoms with van der Waals surface area (Å²) in [5.41, 5.74) is 7.46. The second-order valence-corrected chi connectivity index (χ2v) is 9.83. The third kappa shape index (κ3) is 9.24. The SMILES string of the molecule is CCCCCNC(=S)NC.Cc1ccc(C(C)c2ccsc2)cc1S(=O)(=O)NC(N)=O. The van der Waals surface area contributed by atoms with Gasteiger partial charge >= 0.3 is 6.03 Å². The van der Waals surface area contributed by atoms with Crippen molar-refractivity contribution in [2.45, 2.75) is 50.8 Å². The van der Waals surface area contributed by atoms with Gasteiger partial charge in [-0.25, -0.2) is 17.9 Å². The number of amides is 2. The summed E-state index contributed by atoms with van der Waals surface area (Å²) < 4.78 is 26.0. The van der Waals surface area contributed by atoms with Crippen LogP contribution in [0.25, 0.3) is 0 Å². The molecule has 0 spiro atoms. The van der Waals surface area contributed by atoms with Crippen LogP contribution in [0.4, 0.5) is 4.79 Å². The van der Waals surface area contributed by atoms with Crippen LogP contribution in [0, 0.1) is 6.92 Å². The summed E-state index contributed by atoms with van der Waals surface area (Å²) in [6.45, 7) is 6.86. The van der Waals surface area contributed by atoms with Gasteiger partial charge in [0.25, 0.3) is 10.0 Å². The van der Waals surface area contributed by atoms with Gasteiger partial charge in [-0.1, -0.05) is 38.8 Å². The van der Waals surface area contributed by atoms with Crippen molar-refractivity contribution in [3.8, 4) is 0 Å². The molecular weight excluding hydrogens is 452 g/mol. The van der Waals surface area contributed by atoms with Gasteiger partial charge in [-0.2, -0.15) is 11.3 Å². The number of rotatable bonds is 8. The monoisotopic (exact) mass is 484 g/mol. The molecule has 1 unspecified atom stereocenters. The Morgan fingerprint density at radius 2 is 1.94 bits per heavy atom. The van der Waals surface area contributed by atoms with Gasteiger partial charge in [-0.3, -0.25) is 0 Å². The quantitative estimate of drug-likeness (QED) is 0.334. The maximum Gasteiger partial charge on any atom is 0.326 e. The predicted molar refractivity (Wildman–Crippen MR) is 132 cm³/mol. The fraction of sp³-hybridized carbons (Fsp3) is 0.429. The Balaban J connectivity index is 0.000000407. The van der Waals surface area contributed by atoms with E-state index >= 15 is 0 Å². The molecule has 0 saturated heterocycles. The molecule has 0 aliphatic rings. The molecule has 31 heavy (non-hydrogen) atoms. The Hall–Kier alpha value is -2.17. The number of primary amides is 1. The van der Waals surface area contributed by atoms with E-state index in [1.807, 2.05) is 36.9 Å². The van der Waals surface area contributed by atoms with Crippen LogP contribution in [0.3, 0.4) is 0 Å². The molecule has 0 aliphatic heterocycles. The van der Waals surface area contributed by atoms with Crippen molar-refractivity contribution in [2.75, 3.05) is 13.6 Å². The number of carbonyl (C=O) groups excluding carboxylic acids is 1. The van der Waals surface area contributed by atoms with Crippen molar-refractivity contribution < 1.29 is 13.2 Å². The number of benzene rings is 1. The molecule has 0 saturated carbocycles. The lowest BCUT2D eigenvalue weighted by Gasteiger charge is -2.14. The Bertz CT molecular complexity index is 945. The minimum Gasteiger partial charge on any atom is -0.366 e. The van der Waals surface area contributed by atoms with Crippen LogP contribution in [0.15, 0.2) is 39.9 Å². The largest absolute Gasteiger partial charge is 0.366 e. The van der Waals surface area contributed by atoms with Gasteiger partial charge in [-0.05, 0) is 65.1 Å². The molecule has 0 radical (unpaired) electrons. The van der Waals surface area contributed by atoms with Crippen LogP contribution in [0.2, 0.25) is 0 Å². The van der Waals surface area contributed by atoms with Crippen molar-refractivity contribution >= 4 is 44.7 Å². The lowest BCUT2D eigenvalue weighted by molar-refractivity contribution is 0.253. The molecular formula is C21H32N4O3S3. The molecule has 1 aromatic carbocycles. The van der Waals surface area contributed by atoms with Crippen LogP contribution >= 0.6 is 23.6 Å². The summed E-state index contributed by atoms with van der Waals surface area (Å²) in [6.07, 6.45) is 3.74. The molecule has 2 amide bonds. The zero-order chi connectivity index (χ0) is 23.4. The van der Waals surface area contributed by atoms with Crippen LogP contribution in [0.1, 0.15) is 55.7 Å². The fourth-order valence-electron chi connectivity index (χ4n) is 2.74. The Kier molecular flexibility index (Phi) is 11.5. The lowest BCUT2D eigenvalue weighted by atomic mass is 9.95. The number of hydrogen-bond donors (Lipinski definition) is 4. The van der Waals surface area contributed by atoms with Gasteiger partial charge < -0.3 is 16.4 Å². The number of sulfonamides is 1. The van der Waals surface area contributed by atoms with Crippen LogP contribution in [-0.4, -0.2) is 33.2 Å². The number of nitrogens with one attached hydrogen (secondary N) is 3. The Morgan fingerprint density at radius 1 is 1.23 bits per heavy atom. The molecule has 2 aromatic rings. The van der Waals surface area contributed by atoms with Crippen molar-refractivity contribution in [2.24, 2.45) is 5.73 Å². The summed E-state index contributed by atoms with van der Waals surface area (Å²) in [5, 5.41) is 10.7. The second kappa shape index (κ2) is 13.3. The molecule has 1 heterocycles. The number of thiocarbonyl (C=S) groups is 1. The van der Waals surface area contributed by atoms with Crippen molar-refractivity contribution in [3.05, 3.63) is 51.7 Å². The molecule has 0 aliphatic carbocycles. The minimum atomic E-state index is -3.94. The molecule has 7 nitrogen and oxygen atoms in total. The third-order valence-corrected chi connectivity index (χ3v) is 7.11. The standard InChI is InChI=1S/C14H16N2O3S2.C7H16N2S/c1-9-3-4-11(10(2)12-5-6-20-8-12)7-13(9)21(18,19)16-14(15)17;1-3-4-5-6-9-7(10)8-2/h3-8,10H,1-2H3,(H3,15,16,17);3-6H2,1-2H3,(H2,8,9,10). The highest BCUT2D eigenvalue weighted by atomic mass is 32.2.